The van der Waals surface area contributed by atoms with Gasteiger partial charge >= 0.3 is 0 Å². The molecule has 5 rings (SSSR count). The second-order valence-electron chi connectivity index (χ2n) is 7.45. The first-order valence-corrected chi connectivity index (χ1v) is 11.1. The van der Waals surface area contributed by atoms with Gasteiger partial charge in [-0.05, 0) is 13.0 Å². The van der Waals surface area contributed by atoms with Gasteiger partial charge in [0.2, 0.25) is 5.89 Å². The first-order chi connectivity index (χ1) is 14.7. The highest BCUT2D eigenvalue weighted by molar-refractivity contribution is 7.99. The summed E-state index contributed by atoms with van der Waals surface area (Å²) in [6.45, 7) is 5.02. The molecule has 1 aliphatic heterocycles. The molecule has 1 aliphatic rings. The van der Waals surface area contributed by atoms with Gasteiger partial charge in [0.05, 0.1) is 18.8 Å². The van der Waals surface area contributed by atoms with Crippen molar-refractivity contribution >= 4 is 17.3 Å². The van der Waals surface area contributed by atoms with Crippen LogP contribution < -0.4 is 5.56 Å². The Morgan fingerprint density at radius 3 is 2.70 bits per heavy atom. The largest absolute Gasteiger partial charge is 0.338 e. The molecule has 4 aromatic rings. The zero-order chi connectivity index (χ0) is 20.5. The Hall–Kier alpha value is -2.91. The molecule has 0 saturated carbocycles. The van der Waals surface area contributed by atoms with E-state index >= 15 is 0 Å². The summed E-state index contributed by atoms with van der Waals surface area (Å²) in [6, 6.07) is 9.91. The van der Waals surface area contributed by atoms with Crippen LogP contribution in [0, 0.1) is 6.92 Å². The number of nitrogens with zero attached hydrogens (tertiary/aromatic N) is 6. The van der Waals surface area contributed by atoms with Crippen LogP contribution in [0.4, 0.5) is 0 Å². The molecule has 0 aliphatic carbocycles. The minimum atomic E-state index is -0.136. The molecular weight excluding hydrogens is 400 g/mol. The van der Waals surface area contributed by atoms with Crippen molar-refractivity contribution in [3.63, 3.8) is 0 Å². The second-order valence-corrected chi connectivity index (χ2v) is 8.67. The van der Waals surface area contributed by atoms with Crippen LogP contribution in [-0.2, 0) is 13.1 Å². The van der Waals surface area contributed by atoms with E-state index in [0.29, 0.717) is 23.8 Å². The van der Waals surface area contributed by atoms with Crippen LogP contribution in [0.15, 0.2) is 52.0 Å². The van der Waals surface area contributed by atoms with Gasteiger partial charge in [-0.3, -0.25) is 9.69 Å². The molecular formula is C21H22N6O2S. The van der Waals surface area contributed by atoms with Gasteiger partial charge in [0, 0.05) is 42.6 Å². The molecule has 1 saturated heterocycles. The third-order valence-corrected chi connectivity index (χ3v) is 6.18. The zero-order valence-electron chi connectivity index (χ0n) is 16.7. The number of hydrogen-bond donors (Lipinski definition) is 0. The summed E-state index contributed by atoms with van der Waals surface area (Å²) in [5, 5.41) is 8.60. The number of aromatic nitrogens is 5. The maximum atomic E-state index is 13.0. The van der Waals surface area contributed by atoms with Crippen molar-refractivity contribution in [1.82, 2.24) is 29.2 Å². The Morgan fingerprint density at radius 2 is 1.90 bits per heavy atom. The lowest BCUT2D eigenvalue weighted by Crippen LogP contribution is -2.32. The minimum Gasteiger partial charge on any atom is -0.338 e. The van der Waals surface area contributed by atoms with Crippen LogP contribution in [0.3, 0.4) is 0 Å². The highest BCUT2D eigenvalue weighted by atomic mass is 32.2. The van der Waals surface area contributed by atoms with Gasteiger partial charge in [0.15, 0.2) is 5.82 Å². The fourth-order valence-electron chi connectivity index (χ4n) is 3.54. The molecule has 0 atom stereocenters. The third-order valence-electron chi connectivity index (χ3n) is 5.24. The number of fused-ring (bicyclic) bond motifs is 1. The Labute approximate surface area is 177 Å². The fraction of sp³-hybridized carbons (Fsp3) is 0.333. The lowest BCUT2D eigenvalue weighted by atomic mass is 10.1. The first-order valence-electron chi connectivity index (χ1n) is 9.93. The molecule has 0 N–H and O–H groups in total. The van der Waals surface area contributed by atoms with Crippen molar-refractivity contribution in [3.05, 3.63) is 70.4 Å². The van der Waals surface area contributed by atoms with Crippen LogP contribution in [0.1, 0.15) is 17.3 Å². The van der Waals surface area contributed by atoms with E-state index in [4.69, 9.17) is 4.52 Å². The molecule has 154 valence electrons. The van der Waals surface area contributed by atoms with Gasteiger partial charge in [-0.15, -0.1) is 0 Å². The summed E-state index contributed by atoms with van der Waals surface area (Å²) in [4.78, 5) is 19.7. The van der Waals surface area contributed by atoms with Crippen molar-refractivity contribution in [2.24, 2.45) is 0 Å². The monoisotopic (exact) mass is 422 g/mol. The highest BCUT2D eigenvalue weighted by Crippen LogP contribution is 2.19. The summed E-state index contributed by atoms with van der Waals surface area (Å²) in [7, 11) is 0. The second kappa shape index (κ2) is 8.08. The molecule has 9 heteroatoms. The molecule has 1 aromatic carbocycles. The van der Waals surface area contributed by atoms with Crippen molar-refractivity contribution in [2.75, 3.05) is 24.6 Å². The van der Waals surface area contributed by atoms with Gasteiger partial charge in [0.1, 0.15) is 5.52 Å². The Bertz CT molecular complexity index is 1220. The fourth-order valence-corrected chi connectivity index (χ4v) is 4.52. The first kappa shape index (κ1) is 19.1. The number of thioether (sulfide) groups is 1. The number of rotatable bonds is 5. The molecule has 4 heterocycles. The van der Waals surface area contributed by atoms with Crippen LogP contribution in [0.5, 0.6) is 0 Å². The van der Waals surface area contributed by atoms with Gasteiger partial charge in [-0.2, -0.15) is 21.8 Å². The minimum absolute atomic E-state index is 0.136. The van der Waals surface area contributed by atoms with Gasteiger partial charge in [0.25, 0.3) is 5.56 Å². The molecule has 0 bridgehead atoms. The Kier molecular flexibility index (Phi) is 5.14. The van der Waals surface area contributed by atoms with E-state index in [2.05, 4.69) is 20.1 Å². The van der Waals surface area contributed by atoms with Gasteiger partial charge in [-0.1, -0.05) is 35.0 Å². The van der Waals surface area contributed by atoms with Crippen molar-refractivity contribution < 1.29 is 4.52 Å². The molecule has 0 amide bonds. The van der Waals surface area contributed by atoms with E-state index in [1.54, 1.807) is 21.5 Å². The molecule has 0 unspecified atom stereocenters. The average Bonchev–Trinajstić information content (AvgIpc) is 3.39. The number of hydrogen-bond acceptors (Lipinski definition) is 7. The third kappa shape index (κ3) is 3.90. The van der Waals surface area contributed by atoms with E-state index in [-0.39, 0.29) is 12.1 Å². The molecule has 1 fully saturated rings. The summed E-state index contributed by atoms with van der Waals surface area (Å²) in [5.41, 5.74) is 3.31. The summed E-state index contributed by atoms with van der Waals surface area (Å²) < 4.78 is 8.60. The van der Waals surface area contributed by atoms with Gasteiger partial charge in [-0.25, -0.2) is 4.52 Å². The molecule has 0 spiro atoms. The van der Waals surface area contributed by atoms with E-state index < -0.39 is 0 Å². The number of benzene rings is 1. The SMILES string of the molecule is Cc1ccc(-c2cc3c(=O)n(Cc4noc(CN5CCSCC5)n4)ccn3n2)cc1. The molecule has 3 aromatic heterocycles. The summed E-state index contributed by atoms with van der Waals surface area (Å²) in [5.74, 6) is 3.36. The Balaban J connectivity index is 1.36. The van der Waals surface area contributed by atoms with Crippen molar-refractivity contribution in [3.8, 4) is 11.3 Å². The van der Waals surface area contributed by atoms with E-state index in [0.717, 1.165) is 35.9 Å². The normalized spacial score (nSPS) is 15.1. The smallest absolute Gasteiger partial charge is 0.277 e. The lowest BCUT2D eigenvalue weighted by molar-refractivity contribution is 0.245. The van der Waals surface area contributed by atoms with Crippen molar-refractivity contribution in [1.29, 1.82) is 0 Å². The van der Waals surface area contributed by atoms with Crippen LogP contribution in [-0.4, -0.2) is 53.8 Å². The van der Waals surface area contributed by atoms with Crippen LogP contribution >= 0.6 is 11.8 Å². The van der Waals surface area contributed by atoms with Crippen LogP contribution in [0.2, 0.25) is 0 Å². The summed E-state index contributed by atoms with van der Waals surface area (Å²) in [6.07, 6.45) is 3.49. The maximum absolute atomic E-state index is 13.0. The van der Waals surface area contributed by atoms with E-state index in [1.165, 1.54) is 5.56 Å². The van der Waals surface area contributed by atoms with Gasteiger partial charge < -0.3 is 9.09 Å². The molecule has 8 nitrogen and oxygen atoms in total. The van der Waals surface area contributed by atoms with E-state index in [1.807, 2.05) is 49.0 Å². The highest BCUT2D eigenvalue weighted by Gasteiger charge is 2.16. The number of aryl methyl sites for hydroxylation is 1. The lowest BCUT2D eigenvalue weighted by Gasteiger charge is -2.24. The van der Waals surface area contributed by atoms with Crippen molar-refractivity contribution in [2.45, 2.75) is 20.0 Å². The summed E-state index contributed by atoms with van der Waals surface area (Å²) >= 11 is 1.97. The predicted octanol–water partition coefficient (Wildman–Crippen LogP) is 2.45. The molecule has 30 heavy (non-hydrogen) atoms. The van der Waals surface area contributed by atoms with E-state index in [9.17, 15) is 4.79 Å². The van der Waals surface area contributed by atoms with Crippen LogP contribution in [0.25, 0.3) is 16.8 Å². The topological polar surface area (TPSA) is 81.5 Å². The standard InChI is InChI=1S/C21H22N6O2S/c1-15-2-4-16(5-3-15)17-12-18-21(28)26(6-7-27(18)23-17)13-19-22-20(29-24-19)14-25-8-10-30-11-9-25/h2-7,12H,8-11,13-14H2,1H3. The predicted molar refractivity (Wildman–Crippen MR) is 116 cm³/mol. The maximum Gasteiger partial charge on any atom is 0.277 e. The quantitative estimate of drug-likeness (QED) is 0.489. The Morgan fingerprint density at radius 1 is 1.10 bits per heavy atom. The average molecular weight is 423 g/mol. The zero-order valence-corrected chi connectivity index (χ0v) is 17.5. The molecule has 0 radical (unpaired) electrons.